The molecule has 0 aliphatic carbocycles. The lowest BCUT2D eigenvalue weighted by molar-refractivity contribution is -0.133. The Morgan fingerprint density at radius 3 is 2.87 bits per heavy atom. The van der Waals surface area contributed by atoms with Gasteiger partial charge in [0.05, 0.1) is 6.54 Å². The second kappa shape index (κ2) is 8.31. The lowest BCUT2D eigenvalue weighted by Crippen LogP contribution is -2.41. The van der Waals surface area contributed by atoms with Crippen LogP contribution in [-0.4, -0.2) is 54.8 Å². The van der Waals surface area contributed by atoms with Gasteiger partial charge in [-0.3, -0.25) is 14.5 Å². The Morgan fingerprint density at radius 1 is 1.39 bits per heavy atom. The number of carbonyl (C=O) groups is 2. The van der Waals surface area contributed by atoms with Crippen LogP contribution in [0, 0.1) is 6.92 Å². The van der Waals surface area contributed by atoms with Gasteiger partial charge in [-0.1, -0.05) is 11.6 Å². The van der Waals surface area contributed by atoms with Crippen LogP contribution in [0.3, 0.4) is 0 Å². The van der Waals surface area contributed by atoms with Gasteiger partial charge in [-0.15, -0.1) is 0 Å². The van der Waals surface area contributed by atoms with Gasteiger partial charge in [-0.05, 0) is 50.6 Å². The summed E-state index contributed by atoms with van der Waals surface area (Å²) in [6.07, 6.45) is 2.72. The summed E-state index contributed by atoms with van der Waals surface area (Å²) in [5.74, 6) is 0.157. The van der Waals surface area contributed by atoms with E-state index in [1.165, 1.54) is 0 Å². The number of nitrogens with one attached hydrogen (secondary N) is 1. The molecule has 1 aromatic carbocycles. The molecule has 2 amide bonds. The molecule has 6 heteroatoms. The number of halogens is 1. The summed E-state index contributed by atoms with van der Waals surface area (Å²) in [7, 11) is 1.89. The predicted molar refractivity (Wildman–Crippen MR) is 92.7 cm³/mol. The van der Waals surface area contributed by atoms with Crippen molar-refractivity contribution in [2.45, 2.75) is 26.2 Å². The molecule has 0 unspecified atom stereocenters. The highest BCUT2D eigenvalue weighted by Crippen LogP contribution is 2.19. The minimum Gasteiger partial charge on any atom is -0.341 e. The topological polar surface area (TPSA) is 52.7 Å². The Kier molecular flexibility index (Phi) is 6.42. The molecule has 126 valence electrons. The number of aryl methyl sites for hydroxylation is 1. The Labute approximate surface area is 142 Å². The van der Waals surface area contributed by atoms with Gasteiger partial charge in [0, 0.05) is 36.8 Å². The normalized spacial score (nSPS) is 15.1. The van der Waals surface area contributed by atoms with Crippen molar-refractivity contribution in [1.82, 2.24) is 9.80 Å². The molecule has 0 radical (unpaired) electrons. The van der Waals surface area contributed by atoms with E-state index in [0.717, 1.165) is 30.6 Å². The number of piperidine rings is 1. The molecular weight excluding hydrogens is 314 g/mol. The number of benzene rings is 1. The second-order valence-electron chi connectivity index (χ2n) is 6.09. The highest BCUT2D eigenvalue weighted by Gasteiger charge is 2.18. The van der Waals surface area contributed by atoms with Crippen LogP contribution in [-0.2, 0) is 9.59 Å². The van der Waals surface area contributed by atoms with Gasteiger partial charge in [0.15, 0.2) is 0 Å². The summed E-state index contributed by atoms with van der Waals surface area (Å²) in [4.78, 5) is 27.6. The number of anilines is 1. The summed E-state index contributed by atoms with van der Waals surface area (Å²) in [5, 5.41) is 3.55. The SMILES string of the molecule is Cc1cc(NC(=O)CN(C)CCN2CCCCC2=O)ccc1Cl. The highest BCUT2D eigenvalue weighted by molar-refractivity contribution is 6.31. The third-order valence-corrected chi connectivity index (χ3v) is 4.45. The van der Waals surface area contributed by atoms with E-state index < -0.39 is 0 Å². The molecule has 1 aromatic rings. The average molecular weight is 338 g/mol. The van der Waals surface area contributed by atoms with Gasteiger partial charge in [-0.2, -0.15) is 0 Å². The maximum atomic E-state index is 12.1. The van der Waals surface area contributed by atoms with Crippen LogP contribution >= 0.6 is 11.6 Å². The van der Waals surface area contributed by atoms with Crippen LogP contribution in [0.15, 0.2) is 18.2 Å². The van der Waals surface area contributed by atoms with Crippen LogP contribution in [0.4, 0.5) is 5.69 Å². The molecule has 1 fully saturated rings. The van der Waals surface area contributed by atoms with Crippen molar-refractivity contribution < 1.29 is 9.59 Å². The molecule has 1 heterocycles. The van der Waals surface area contributed by atoms with Crippen LogP contribution in [0.2, 0.25) is 5.02 Å². The maximum absolute atomic E-state index is 12.1. The lowest BCUT2D eigenvalue weighted by Gasteiger charge is -2.28. The molecule has 1 saturated heterocycles. The van der Waals surface area contributed by atoms with E-state index in [-0.39, 0.29) is 11.8 Å². The Balaban J connectivity index is 1.75. The van der Waals surface area contributed by atoms with E-state index in [1.807, 2.05) is 29.8 Å². The Morgan fingerprint density at radius 2 is 2.17 bits per heavy atom. The minimum absolute atomic E-state index is 0.0702. The first-order valence-electron chi connectivity index (χ1n) is 7.98. The van der Waals surface area contributed by atoms with Gasteiger partial charge >= 0.3 is 0 Å². The first-order valence-corrected chi connectivity index (χ1v) is 8.36. The molecule has 0 atom stereocenters. The minimum atomic E-state index is -0.0702. The van der Waals surface area contributed by atoms with E-state index in [9.17, 15) is 9.59 Å². The van der Waals surface area contributed by atoms with Crippen LogP contribution in [0.5, 0.6) is 0 Å². The maximum Gasteiger partial charge on any atom is 0.238 e. The second-order valence-corrected chi connectivity index (χ2v) is 6.50. The quantitative estimate of drug-likeness (QED) is 0.868. The van der Waals surface area contributed by atoms with E-state index in [2.05, 4.69) is 5.32 Å². The molecule has 0 spiro atoms. The van der Waals surface area contributed by atoms with Crippen molar-refractivity contribution in [1.29, 1.82) is 0 Å². The van der Waals surface area contributed by atoms with E-state index in [4.69, 9.17) is 11.6 Å². The third kappa shape index (κ3) is 5.52. The van der Waals surface area contributed by atoms with Crippen molar-refractivity contribution in [3.8, 4) is 0 Å². The van der Waals surface area contributed by atoms with E-state index >= 15 is 0 Å². The van der Waals surface area contributed by atoms with Crippen molar-refractivity contribution in [3.63, 3.8) is 0 Å². The van der Waals surface area contributed by atoms with E-state index in [0.29, 0.717) is 31.1 Å². The molecule has 23 heavy (non-hydrogen) atoms. The van der Waals surface area contributed by atoms with Crippen molar-refractivity contribution in [2.75, 3.05) is 38.5 Å². The summed E-state index contributed by atoms with van der Waals surface area (Å²) < 4.78 is 0. The smallest absolute Gasteiger partial charge is 0.238 e. The van der Waals surface area contributed by atoms with Crippen LogP contribution in [0.25, 0.3) is 0 Å². The third-order valence-electron chi connectivity index (χ3n) is 4.03. The molecule has 2 rings (SSSR count). The monoisotopic (exact) mass is 337 g/mol. The van der Waals surface area contributed by atoms with Crippen LogP contribution < -0.4 is 5.32 Å². The van der Waals surface area contributed by atoms with Crippen molar-refractivity contribution >= 4 is 29.1 Å². The summed E-state index contributed by atoms with van der Waals surface area (Å²) >= 11 is 5.98. The summed E-state index contributed by atoms with van der Waals surface area (Å²) in [6.45, 7) is 4.41. The van der Waals surface area contributed by atoms with Crippen molar-refractivity contribution in [2.24, 2.45) is 0 Å². The zero-order valence-corrected chi connectivity index (χ0v) is 14.5. The first kappa shape index (κ1) is 17.8. The fraction of sp³-hybridized carbons (Fsp3) is 0.529. The van der Waals surface area contributed by atoms with Gasteiger partial charge < -0.3 is 10.2 Å². The molecule has 1 aliphatic heterocycles. The fourth-order valence-electron chi connectivity index (χ4n) is 2.64. The zero-order chi connectivity index (χ0) is 16.8. The molecule has 1 N–H and O–H groups in total. The lowest BCUT2D eigenvalue weighted by atomic mass is 10.1. The summed E-state index contributed by atoms with van der Waals surface area (Å²) in [6, 6.07) is 5.42. The highest BCUT2D eigenvalue weighted by atomic mass is 35.5. The number of likely N-dealkylation sites (N-methyl/N-ethyl adjacent to an activating group) is 1. The number of amides is 2. The van der Waals surface area contributed by atoms with E-state index in [1.54, 1.807) is 12.1 Å². The zero-order valence-electron chi connectivity index (χ0n) is 13.8. The van der Waals surface area contributed by atoms with Gasteiger partial charge in [0.1, 0.15) is 0 Å². The largest absolute Gasteiger partial charge is 0.341 e. The molecule has 0 saturated carbocycles. The number of hydrogen-bond donors (Lipinski definition) is 1. The number of likely N-dealkylation sites (tertiary alicyclic amines) is 1. The molecule has 1 aliphatic rings. The Bertz CT molecular complexity index is 577. The number of rotatable bonds is 6. The number of carbonyl (C=O) groups excluding carboxylic acids is 2. The summed E-state index contributed by atoms with van der Waals surface area (Å²) in [5.41, 5.74) is 1.68. The van der Waals surface area contributed by atoms with Crippen LogP contribution in [0.1, 0.15) is 24.8 Å². The van der Waals surface area contributed by atoms with Gasteiger partial charge in [-0.25, -0.2) is 0 Å². The molecule has 5 nitrogen and oxygen atoms in total. The number of hydrogen-bond acceptors (Lipinski definition) is 3. The predicted octanol–water partition coefficient (Wildman–Crippen LogP) is 2.53. The first-order chi connectivity index (χ1) is 11.0. The Hall–Kier alpha value is -1.59. The molecule has 0 bridgehead atoms. The fourth-order valence-corrected chi connectivity index (χ4v) is 2.75. The molecule has 0 aromatic heterocycles. The average Bonchev–Trinajstić information content (AvgIpc) is 2.50. The van der Waals surface area contributed by atoms with Gasteiger partial charge in [0.2, 0.25) is 11.8 Å². The molecular formula is C17H24ClN3O2. The van der Waals surface area contributed by atoms with Crippen molar-refractivity contribution in [3.05, 3.63) is 28.8 Å². The number of nitrogens with zero attached hydrogens (tertiary/aromatic N) is 2. The van der Waals surface area contributed by atoms with Gasteiger partial charge in [0.25, 0.3) is 0 Å². The standard InChI is InChI=1S/C17H24ClN3O2/c1-13-11-14(6-7-15(13)18)19-16(22)12-20(2)9-10-21-8-4-3-5-17(21)23/h6-7,11H,3-5,8-10,12H2,1-2H3,(H,19,22).